The van der Waals surface area contributed by atoms with E-state index < -0.39 is 37.8 Å². The standard InChI is InChI=1S/C26H31NO5Si/c1-6-33(7-2,8-3)31-20(5)25-23(27-18-28)13-11-9-10-12-14-24(30)26(25,32-25)22-17-21(29)16-15-19(22)4/h9-10,15-17,20,23-24,29-30H,6-8H2,1-5H3/b10-9-/t20-,23+,24-,25+,26+/m1/s1. The molecule has 1 saturated heterocycles. The van der Waals surface area contributed by atoms with E-state index in [1.165, 1.54) is 6.08 Å². The molecule has 0 aromatic heterocycles. The molecule has 6 nitrogen and oxygen atoms in total. The van der Waals surface area contributed by atoms with Crippen LogP contribution in [-0.2, 0) is 19.6 Å². The van der Waals surface area contributed by atoms with Crippen LogP contribution in [0.25, 0.3) is 0 Å². The SMILES string of the molecule is CC[Si](CC)(CC)O[C@H](C)[C@@]12O[C@@]1(c1cc(O)ccc1C)[C@H](O)C#C/C=C\C#C[C@@H]2N=C=O. The molecule has 0 saturated carbocycles. The zero-order valence-electron chi connectivity index (χ0n) is 19.8. The number of allylic oxidation sites excluding steroid dienone is 2. The first-order valence-electron chi connectivity index (χ1n) is 11.4. The summed E-state index contributed by atoms with van der Waals surface area (Å²) in [6.45, 7) is 10.1. The third-order valence-corrected chi connectivity index (χ3v) is 11.8. The lowest BCUT2D eigenvalue weighted by Crippen LogP contribution is -2.53. The molecule has 1 aliphatic heterocycles. The number of benzene rings is 1. The van der Waals surface area contributed by atoms with Crippen molar-refractivity contribution in [1.82, 2.24) is 0 Å². The Morgan fingerprint density at radius 3 is 2.45 bits per heavy atom. The van der Waals surface area contributed by atoms with Gasteiger partial charge in [-0.3, -0.25) is 0 Å². The zero-order valence-corrected chi connectivity index (χ0v) is 20.8. The summed E-state index contributed by atoms with van der Waals surface area (Å²) in [5.74, 6) is 11.6. The van der Waals surface area contributed by atoms with Gasteiger partial charge in [0.15, 0.2) is 31.7 Å². The van der Waals surface area contributed by atoms with E-state index in [1.54, 1.807) is 30.4 Å². The van der Waals surface area contributed by atoms with Crippen molar-refractivity contribution in [3.63, 3.8) is 0 Å². The quantitative estimate of drug-likeness (QED) is 0.201. The molecule has 1 heterocycles. The number of rotatable bonds is 8. The summed E-state index contributed by atoms with van der Waals surface area (Å²) in [7, 11) is -2.12. The van der Waals surface area contributed by atoms with Crippen molar-refractivity contribution in [3.05, 3.63) is 41.5 Å². The molecule has 1 aromatic carbocycles. The van der Waals surface area contributed by atoms with Crippen LogP contribution in [0, 0.1) is 30.6 Å². The highest BCUT2D eigenvalue weighted by Crippen LogP contribution is 2.64. The van der Waals surface area contributed by atoms with Crippen molar-refractivity contribution in [1.29, 1.82) is 0 Å². The molecule has 7 heteroatoms. The molecule has 0 spiro atoms. The maximum atomic E-state index is 11.5. The fourth-order valence-corrected chi connectivity index (χ4v) is 7.91. The van der Waals surface area contributed by atoms with E-state index in [0.29, 0.717) is 5.56 Å². The highest BCUT2D eigenvalue weighted by atomic mass is 28.4. The number of aliphatic imine (C=N–C) groups is 1. The Bertz CT molecular complexity index is 1090. The second-order valence-corrected chi connectivity index (χ2v) is 13.3. The van der Waals surface area contributed by atoms with Gasteiger partial charge in [0.25, 0.3) is 0 Å². The molecule has 0 amide bonds. The molecule has 33 heavy (non-hydrogen) atoms. The average molecular weight is 466 g/mol. The number of isocyanates is 1. The zero-order chi connectivity index (χ0) is 24.3. The van der Waals surface area contributed by atoms with Crippen LogP contribution in [0.4, 0.5) is 0 Å². The molecular weight excluding hydrogens is 434 g/mol. The highest BCUT2D eigenvalue weighted by molar-refractivity contribution is 6.73. The number of aromatic hydroxyl groups is 1. The van der Waals surface area contributed by atoms with E-state index in [0.717, 1.165) is 23.7 Å². The van der Waals surface area contributed by atoms with Crippen molar-refractivity contribution in [2.45, 2.75) is 82.2 Å². The number of aliphatic hydroxyl groups excluding tert-OH is 1. The van der Waals surface area contributed by atoms with Gasteiger partial charge in [0.1, 0.15) is 5.75 Å². The van der Waals surface area contributed by atoms with E-state index in [9.17, 15) is 15.0 Å². The number of hydrogen-bond donors (Lipinski definition) is 2. The second-order valence-electron chi connectivity index (χ2n) is 8.57. The molecule has 2 aliphatic rings. The predicted molar refractivity (Wildman–Crippen MR) is 129 cm³/mol. The third kappa shape index (κ3) is 4.08. The van der Waals surface area contributed by atoms with Gasteiger partial charge < -0.3 is 19.4 Å². The van der Waals surface area contributed by atoms with Crippen molar-refractivity contribution in [2.24, 2.45) is 4.99 Å². The van der Waals surface area contributed by atoms with Crippen LogP contribution < -0.4 is 0 Å². The molecule has 0 bridgehead atoms. The fraction of sp³-hybridized carbons (Fsp3) is 0.500. The Hall–Kier alpha value is -2.64. The molecule has 3 rings (SSSR count). The molecular formula is C26H31NO5Si. The van der Waals surface area contributed by atoms with E-state index in [2.05, 4.69) is 49.4 Å². The van der Waals surface area contributed by atoms with Gasteiger partial charge in [0, 0.05) is 0 Å². The lowest BCUT2D eigenvalue weighted by atomic mass is 9.74. The summed E-state index contributed by atoms with van der Waals surface area (Å²) in [6.07, 6.45) is 2.86. The van der Waals surface area contributed by atoms with E-state index in [4.69, 9.17) is 9.16 Å². The van der Waals surface area contributed by atoms with Crippen LogP contribution in [0.5, 0.6) is 5.75 Å². The van der Waals surface area contributed by atoms with Gasteiger partial charge in [-0.1, -0.05) is 50.5 Å². The Balaban J connectivity index is 2.30. The largest absolute Gasteiger partial charge is 0.508 e. The topological polar surface area (TPSA) is 91.7 Å². The minimum Gasteiger partial charge on any atom is -0.508 e. The smallest absolute Gasteiger partial charge is 0.236 e. The molecule has 1 aliphatic carbocycles. The van der Waals surface area contributed by atoms with Crippen LogP contribution in [0.1, 0.15) is 38.8 Å². The van der Waals surface area contributed by atoms with Crippen LogP contribution in [0.15, 0.2) is 35.3 Å². The molecule has 2 N–H and O–H groups in total. The Labute approximate surface area is 196 Å². The third-order valence-electron chi connectivity index (χ3n) is 7.12. The van der Waals surface area contributed by atoms with Crippen molar-refractivity contribution in [3.8, 4) is 29.4 Å². The normalized spacial score (nSPS) is 29.8. The molecule has 174 valence electrons. The summed E-state index contributed by atoms with van der Waals surface area (Å²) < 4.78 is 13.3. The number of aliphatic hydroxyl groups is 1. The van der Waals surface area contributed by atoms with Gasteiger partial charge in [-0.05, 0) is 67.4 Å². The van der Waals surface area contributed by atoms with Gasteiger partial charge >= 0.3 is 0 Å². The maximum absolute atomic E-state index is 11.5. The van der Waals surface area contributed by atoms with Crippen LogP contribution in [-0.4, -0.2) is 48.5 Å². The number of epoxide rings is 1. The first-order valence-corrected chi connectivity index (χ1v) is 13.9. The van der Waals surface area contributed by atoms with Gasteiger partial charge in [0.05, 0.1) is 6.10 Å². The van der Waals surface area contributed by atoms with Gasteiger partial charge in [-0.2, -0.15) is 4.99 Å². The lowest BCUT2D eigenvalue weighted by Gasteiger charge is -2.37. The highest BCUT2D eigenvalue weighted by Gasteiger charge is 2.81. The molecule has 0 unspecified atom stereocenters. The van der Waals surface area contributed by atoms with Crippen molar-refractivity contribution < 1.29 is 24.2 Å². The number of ether oxygens (including phenoxy) is 1. The fourth-order valence-electron chi connectivity index (χ4n) is 4.99. The summed E-state index contributed by atoms with van der Waals surface area (Å²) >= 11 is 0. The van der Waals surface area contributed by atoms with Crippen molar-refractivity contribution >= 4 is 14.4 Å². The second kappa shape index (κ2) is 9.69. The molecule has 1 aromatic rings. The minimum absolute atomic E-state index is 0.0287. The molecule has 0 radical (unpaired) electrons. The Morgan fingerprint density at radius 1 is 1.21 bits per heavy atom. The monoisotopic (exact) mass is 465 g/mol. The lowest BCUT2D eigenvalue weighted by molar-refractivity contribution is 0.0943. The minimum atomic E-state index is -2.12. The Kier molecular flexibility index (Phi) is 7.34. The number of aryl methyl sites for hydroxylation is 1. The number of nitrogens with zero attached hydrogens (tertiary/aromatic N) is 1. The maximum Gasteiger partial charge on any atom is 0.236 e. The van der Waals surface area contributed by atoms with Crippen LogP contribution in [0.2, 0.25) is 18.1 Å². The average Bonchev–Trinajstić information content (AvgIpc) is 3.52. The first kappa shape index (κ1) is 25.0. The van der Waals surface area contributed by atoms with Crippen molar-refractivity contribution in [2.75, 3.05) is 0 Å². The van der Waals surface area contributed by atoms with E-state index >= 15 is 0 Å². The van der Waals surface area contributed by atoms with Gasteiger partial charge in [-0.15, -0.1) is 0 Å². The van der Waals surface area contributed by atoms with E-state index in [-0.39, 0.29) is 5.75 Å². The first-order chi connectivity index (χ1) is 15.8. The van der Waals surface area contributed by atoms with E-state index in [1.807, 2.05) is 13.8 Å². The van der Waals surface area contributed by atoms with Crippen LogP contribution >= 0.6 is 0 Å². The molecule has 1 fully saturated rings. The summed E-state index contributed by atoms with van der Waals surface area (Å²) in [6, 6.07) is 6.68. The summed E-state index contributed by atoms with van der Waals surface area (Å²) in [5.41, 5.74) is -1.34. The Morgan fingerprint density at radius 2 is 1.85 bits per heavy atom. The summed E-state index contributed by atoms with van der Waals surface area (Å²) in [4.78, 5) is 15.5. The number of phenols is 1. The van der Waals surface area contributed by atoms with Crippen LogP contribution in [0.3, 0.4) is 0 Å². The predicted octanol–water partition coefficient (Wildman–Crippen LogP) is 3.72. The number of carbonyl (C=O) groups excluding carboxylic acids is 1. The number of fused-ring (bicyclic) bond motifs is 1. The van der Waals surface area contributed by atoms with Gasteiger partial charge in [0.2, 0.25) is 6.08 Å². The van der Waals surface area contributed by atoms with Gasteiger partial charge in [-0.25, -0.2) is 4.79 Å². The number of hydrogen-bond acceptors (Lipinski definition) is 6. The molecule has 5 atom stereocenters. The number of phenolic OH excluding ortho intramolecular Hbond substituents is 1. The summed E-state index contributed by atoms with van der Waals surface area (Å²) in [5, 5.41) is 21.7.